The average molecular weight is 226 g/mol. The van der Waals surface area contributed by atoms with Crippen molar-refractivity contribution in [1.82, 2.24) is 0 Å². The Hall–Kier alpha value is -1.14. The largest absolute Gasteiger partial charge is 0.462 e. The first-order chi connectivity index (χ1) is 7.72. The van der Waals surface area contributed by atoms with Gasteiger partial charge in [0.15, 0.2) is 0 Å². The number of benzene rings is 1. The molecule has 1 saturated heterocycles. The number of aliphatic hydroxyl groups is 3. The van der Waals surface area contributed by atoms with Crippen LogP contribution in [0.1, 0.15) is 0 Å². The molecule has 1 heterocycles. The van der Waals surface area contributed by atoms with Crippen LogP contribution >= 0.6 is 0 Å². The average Bonchev–Trinajstić information content (AvgIpc) is 2.58. The minimum Gasteiger partial charge on any atom is -0.462 e. The molecule has 0 amide bonds. The summed E-state index contributed by atoms with van der Waals surface area (Å²) in [5.41, 5.74) is 0. The maximum Gasteiger partial charge on any atom is 0.229 e. The summed E-state index contributed by atoms with van der Waals surface area (Å²) in [6.45, 7) is -0.354. The summed E-state index contributed by atoms with van der Waals surface area (Å²) in [6.07, 6.45) is -4.03. The normalized spacial score (nSPS) is 33.9. The van der Waals surface area contributed by atoms with E-state index in [9.17, 15) is 10.2 Å². The lowest BCUT2D eigenvalue weighted by Gasteiger charge is -2.16. The number of ether oxygens (including phenoxy) is 2. The van der Waals surface area contributed by atoms with Gasteiger partial charge in [-0.3, -0.25) is 0 Å². The van der Waals surface area contributed by atoms with E-state index in [-0.39, 0.29) is 6.61 Å². The van der Waals surface area contributed by atoms with Crippen molar-refractivity contribution >= 4 is 0 Å². The van der Waals surface area contributed by atoms with E-state index >= 15 is 0 Å². The van der Waals surface area contributed by atoms with Crippen molar-refractivity contribution in [3.63, 3.8) is 0 Å². The molecule has 5 nitrogen and oxygen atoms in total. The number of rotatable bonds is 3. The molecule has 0 aliphatic carbocycles. The third-order valence-corrected chi connectivity index (χ3v) is 2.49. The number of para-hydroxylation sites is 1. The molecule has 0 bridgehead atoms. The molecule has 1 aromatic carbocycles. The lowest BCUT2D eigenvalue weighted by atomic mass is 10.1. The van der Waals surface area contributed by atoms with Gasteiger partial charge in [0.2, 0.25) is 6.29 Å². The Kier molecular flexibility index (Phi) is 3.40. The fraction of sp³-hybridized carbons (Fsp3) is 0.455. The molecule has 1 aromatic rings. The fourth-order valence-electron chi connectivity index (χ4n) is 1.60. The van der Waals surface area contributed by atoms with Gasteiger partial charge in [0, 0.05) is 0 Å². The molecule has 16 heavy (non-hydrogen) atoms. The van der Waals surface area contributed by atoms with Crippen LogP contribution in [0.25, 0.3) is 0 Å². The highest BCUT2D eigenvalue weighted by Crippen LogP contribution is 2.24. The zero-order valence-corrected chi connectivity index (χ0v) is 8.56. The molecule has 1 aliphatic rings. The highest BCUT2D eigenvalue weighted by atomic mass is 16.7. The molecule has 3 N–H and O–H groups in total. The van der Waals surface area contributed by atoms with E-state index in [1.165, 1.54) is 0 Å². The standard InChI is InChI=1S/C11H14O5/c12-6-8-9(13)10(14)11(16-8)15-7-4-2-1-3-5-7/h1-5,8-14H,6H2/t8-,9-,10+,11+/m0/s1. The van der Waals surface area contributed by atoms with Crippen molar-refractivity contribution in [2.75, 3.05) is 6.61 Å². The molecule has 0 unspecified atom stereocenters. The molecule has 5 heteroatoms. The van der Waals surface area contributed by atoms with Crippen molar-refractivity contribution < 1.29 is 24.8 Å². The van der Waals surface area contributed by atoms with Gasteiger partial charge in [-0.25, -0.2) is 0 Å². The van der Waals surface area contributed by atoms with Crippen molar-refractivity contribution in [1.29, 1.82) is 0 Å². The van der Waals surface area contributed by atoms with Gasteiger partial charge in [0.1, 0.15) is 24.1 Å². The zero-order valence-electron chi connectivity index (χ0n) is 8.56. The van der Waals surface area contributed by atoms with Crippen LogP contribution in [0.2, 0.25) is 0 Å². The van der Waals surface area contributed by atoms with Crippen molar-refractivity contribution in [2.24, 2.45) is 0 Å². The maximum absolute atomic E-state index is 9.61. The van der Waals surface area contributed by atoms with Crippen molar-refractivity contribution in [2.45, 2.75) is 24.6 Å². The Morgan fingerprint density at radius 3 is 2.38 bits per heavy atom. The van der Waals surface area contributed by atoms with E-state index in [4.69, 9.17) is 14.6 Å². The zero-order chi connectivity index (χ0) is 11.5. The van der Waals surface area contributed by atoms with Crippen LogP contribution in [-0.4, -0.2) is 46.5 Å². The monoisotopic (exact) mass is 226 g/mol. The Morgan fingerprint density at radius 1 is 1.12 bits per heavy atom. The fourth-order valence-corrected chi connectivity index (χ4v) is 1.60. The lowest BCUT2D eigenvalue weighted by Crippen LogP contribution is -2.35. The van der Waals surface area contributed by atoms with Gasteiger partial charge < -0.3 is 24.8 Å². The lowest BCUT2D eigenvalue weighted by molar-refractivity contribution is -0.116. The molecular formula is C11H14O5. The summed E-state index contributed by atoms with van der Waals surface area (Å²) in [4.78, 5) is 0. The first-order valence-corrected chi connectivity index (χ1v) is 5.06. The molecule has 88 valence electrons. The predicted octanol–water partition coefficient (Wildman–Crippen LogP) is -0.496. The van der Waals surface area contributed by atoms with Crippen molar-refractivity contribution in [3.8, 4) is 5.75 Å². The third kappa shape index (κ3) is 2.17. The van der Waals surface area contributed by atoms with E-state index < -0.39 is 24.6 Å². The van der Waals surface area contributed by atoms with Crippen LogP contribution < -0.4 is 4.74 Å². The van der Waals surface area contributed by atoms with E-state index in [2.05, 4.69) is 0 Å². The highest BCUT2D eigenvalue weighted by Gasteiger charge is 2.43. The summed E-state index contributed by atoms with van der Waals surface area (Å²) in [5.74, 6) is 0.539. The number of hydrogen-bond acceptors (Lipinski definition) is 5. The van der Waals surface area contributed by atoms with Crippen LogP contribution in [0, 0.1) is 0 Å². The molecule has 0 saturated carbocycles. The van der Waals surface area contributed by atoms with E-state index in [1.54, 1.807) is 24.3 Å². The molecule has 0 spiro atoms. The Morgan fingerprint density at radius 2 is 1.81 bits per heavy atom. The second-order valence-corrected chi connectivity index (χ2v) is 3.64. The Labute approximate surface area is 92.9 Å². The maximum atomic E-state index is 9.61. The topological polar surface area (TPSA) is 79.2 Å². The van der Waals surface area contributed by atoms with Crippen LogP contribution in [-0.2, 0) is 4.74 Å². The summed E-state index contributed by atoms with van der Waals surface area (Å²) in [6, 6.07) is 8.85. The smallest absolute Gasteiger partial charge is 0.229 e. The van der Waals surface area contributed by atoms with Gasteiger partial charge >= 0.3 is 0 Å². The van der Waals surface area contributed by atoms with Crippen LogP contribution in [0.3, 0.4) is 0 Å². The highest BCUT2D eigenvalue weighted by molar-refractivity contribution is 5.21. The summed E-state index contributed by atoms with van der Waals surface area (Å²) in [7, 11) is 0. The second-order valence-electron chi connectivity index (χ2n) is 3.64. The number of aliphatic hydroxyl groups excluding tert-OH is 3. The molecule has 0 aromatic heterocycles. The minimum absolute atomic E-state index is 0.354. The minimum atomic E-state index is -1.16. The molecular weight excluding hydrogens is 212 g/mol. The first kappa shape index (κ1) is 11.3. The van der Waals surface area contributed by atoms with E-state index in [0.29, 0.717) is 5.75 Å². The van der Waals surface area contributed by atoms with Gasteiger partial charge in [-0.2, -0.15) is 0 Å². The Balaban J connectivity index is 2.01. The molecule has 2 rings (SSSR count). The van der Waals surface area contributed by atoms with E-state index in [0.717, 1.165) is 0 Å². The third-order valence-electron chi connectivity index (χ3n) is 2.49. The van der Waals surface area contributed by atoms with Gasteiger partial charge in [0.05, 0.1) is 6.61 Å². The molecule has 4 atom stereocenters. The molecule has 0 radical (unpaired) electrons. The van der Waals surface area contributed by atoms with Gasteiger partial charge in [-0.1, -0.05) is 18.2 Å². The van der Waals surface area contributed by atoms with Gasteiger partial charge in [-0.05, 0) is 12.1 Å². The predicted molar refractivity (Wildman–Crippen MR) is 54.8 cm³/mol. The van der Waals surface area contributed by atoms with Gasteiger partial charge in [0.25, 0.3) is 0 Å². The second kappa shape index (κ2) is 4.80. The summed E-state index contributed by atoms with van der Waals surface area (Å²) in [5, 5.41) is 28.0. The van der Waals surface area contributed by atoms with Gasteiger partial charge in [-0.15, -0.1) is 0 Å². The first-order valence-electron chi connectivity index (χ1n) is 5.06. The van der Waals surface area contributed by atoms with Crippen LogP contribution in [0.15, 0.2) is 30.3 Å². The molecule has 1 fully saturated rings. The molecule has 1 aliphatic heterocycles. The van der Waals surface area contributed by atoms with Crippen molar-refractivity contribution in [3.05, 3.63) is 30.3 Å². The Bertz CT molecular complexity index is 328. The number of hydrogen-bond donors (Lipinski definition) is 3. The van der Waals surface area contributed by atoms with E-state index in [1.807, 2.05) is 6.07 Å². The summed E-state index contributed by atoms with van der Waals surface area (Å²) < 4.78 is 10.5. The summed E-state index contributed by atoms with van der Waals surface area (Å²) >= 11 is 0. The quantitative estimate of drug-likeness (QED) is 0.648. The SMILES string of the molecule is OC[C@@H]1O[C@@H](Oc2ccccc2)[C@H](O)[C@H]1O. The van der Waals surface area contributed by atoms with Crippen LogP contribution in [0.5, 0.6) is 5.75 Å². The van der Waals surface area contributed by atoms with Crippen LogP contribution in [0.4, 0.5) is 0 Å².